The SMILES string of the molecule is CCCCCCCCN(CCOc1ccc(CC(OCC)C(=O)O)cc1)C(=O)Oc1ccc(Oc2ccccc2)cc1. The van der Waals surface area contributed by atoms with Crippen LogP contribution in [0.5, 0.6) is 23.0 Å². The molecule has 0 saturated carbocycles. The molecular weight excluding hydrogens is 534 g/mol. The van der Waals surface area contributed by atoms with Gasteiger partial charge in [0.15, 0.2) is 6.10 Å². The van der Waals surface area contributed by atoms with E-state index in [9.17, 15) is 14.7 Å². The van der Waals surface area contributed by atoms with Crippen molar-refractivity contribution in [1.29, 1.82) is 0 Å². The number of unbranched alkanes of at least 4 members (excludes halogenated alkanes) is 5. The van der Waals surface area contributed by atoms with Crippen molar-refractivity contribution in [2.45, 2.75) is 64.9 Å². The molecule has 0 saturated heterocycles. The van der Waals surface area contributed by atoms with E-state index in [-0.39, 0.29) is 6.42 Å². The summed E-state index contributed by atoms with van der Waals surface area (Å²) in [6.07, 6.45) is 5.69. The largest absolute Gasteiger partial charge is 0.492 e. The molecule has 0 heterocycles. The Balaban J connectivity index is 1.53. The van der Waals surface area contributed by atoms with E-state index >= 15 is 0 Å². The molecule has 0 aromatic heterocycles. The molecule has 0 radical (unpaired) electrons. The van der Waals surface area contributed by atoms with Gasteiger partial charge in [0.1, 0.15) is 29.6 Å². The van der Waals surface area contributed by atoms with E-state index < -0.39 is 18.2 Å². The van der Waals surface area contributed by atoms with Gasteiger partial charge in [-0.3, -0.25) is 0 Å². The fourth-order valence-corrected chi connectivity index (χ4v) is 4.37. The topological polar surface area (TPSA) is 94.5 Å². The van der Waals surface area contributed by atoms with Gasteiger partial charge in [0.2, 0.25) is 0 Å². The number of carbonyl (C=O) groups excluding carboxylic acids is 1. The van der Waals surface area contributed by atoms with Gasteiger partial charge in [0, 0.05) is 19.6 Å². The average molecular weight is 578 g/mol. The molecule has 1 amide bonds. The van der Waals surface area contributed by atoms with Crippen LogP contribution in [0.25, 0.3) is 0 Å². The van der Waals surface area contributed by atoms with Crippen molar-refractivity contribution in [1.82, 2.24) is 4.90 Å². The molecule has 3 aromatic carbocycles. The highest BCUT2D eigenvalue weighted by Crippen LogP contribution is 2.24. The lowest BCUT2D eigenvalue weighted by Gasteiger charge is -2.22. The number of hydrogen-bond acceptors (Lipinski definition) is 6. The van der Waals surface area contributed by atoms with E-state index in [0.717, 1.165) is 30.6 Å². The van der Waals surface area contributed by atoms with E-state index in [4.69, 9.17) is 18.9 Å². The smallest absolute Gasteiger partial charge is 0.415 e. The standard InChI is InChI=1S/C34H43NO7/c1-3-5-6-7-8-12-23-35(24-25-40-28-17-15-27(16-18-28)26-32(33(36)37)39-4-2)34(38)42-31-21-19-30(20-22-31)41-29-13-10-9-11-14-29/h9-11,13-22,32H,3-8,12,23-26H2,1-2H3,(H,36,37). The first-order chi connectivity index (χ1) is 20.5. The van der Waals surface area contributed by atoms with Gasteiger partial charge in [-0.25, -0.2) is 9.59 Å². The highest BCUT2D eigenvalue weighted by Gasteiger charge is 2.18. The summed E-state index contributed by atoms with van der Waals surface area (Å²) in [5, 5.41) is 9.31. The minimum Gasteiger partial charge on any atom is -0.492 e. The number of ether oxygens (including phenoxy) is 4. The van der Waals surface area contributed by atoms with Crippen LogP contribution in [0.4, 0.5) is 4.79 Å². The summed E-state index contributed by atoms with van der Waals surface area (Å²) in [6.45, 7) is 5.55. The number of aliphatic carboxylic acids is 1. The molecule has 8 nitrogen and oxygen atoms in total. The number of rotatable bonds is 19. The Kier molecular flexibility index (Phi) is 14.2. The quantitative estimate of drug-likeness (QED) is 0.146. The molecule has 1 atom stereocenters. The molecular formula is C34H43NO7. The van der Waals surface area contributed by atoms with Crippen LogP contribution >= 0.6 is 0 Å². The van der Waals surface area contributed by atoms with Gasteiger partial charge in [-0.2, -0.15) is 0 Å². The summed E-state index contributed by atoms with van der Waals surface area (Å²) >= 11 is 0. The molecule has 42 heavy (non-hydrogen) atoms. The van der Waals surface area contributed by atoms with Crippen LogP contribution in [-0.2, 0) is 16.0 Å². The van der Waals surface area contributed by atoms with Gasteiger partial charge in [0.05, 0.1) is 6.54 Å². The third kappa shape index (κ3) is 11.8. The molecule has 0 bridgehead atoms. The van der Waals surface area contributed by atoms with Gasteiger partial charge in [-0.1, -0.05) is 69.4 Å². The summed E-state index contributed by atoms with van der Waals surface area (Å²) in [5.41, 5.74) is 0.844. The Morgan fingerprint density at radius 1 is 0.738 bits per heavy atom. The Bertz CT molecular complexity index is 1180. The Labute approximate surface area is 249 Å². The number of carbonyl (C=O) groups is 2. The number of benzene rings is 3. The fraction of sp³-hybridized carbons (Fsp3) is 0.412. The number of hydrogen-bond donors (Lipinski definition) is 1. The van der Waals surface area contributed by atoms with Gasteiger partial charge >= 0.3 is 12.1 Å². The fourth-order valence-electron chi connectivity index (χ4n) is 4.37. The zero-order valence-corrected chi connectivity index (χ0v) is 24.7. The van der Waals surface area contributed by atoms with Crippen LogP contribution in [0.2, 0.25) is 0 Å². The van der Waals surface area contributed by atoms with Crippen LogP contribution in [0, 0.1) is 0 Å². The maximum absolute atomic E-state index is 13.1. The van der Waals surface area contributed by atoms with Gasteiger partial charge in [-0.05, 0) is 67.4 Å². The van der Waals surface area contributed by atoms with Crippen molar-refractivity contribution >= 4 is 12.1 Å². The zero-order chi connectivity index (χ0) is 30.0. The van der Waals surface area contributed by atoms with Gasteiger partial charge < -0.3 is 29.0 Å². The number of carboxylic acid groups (broad SMARTS) is 1. The number of para-hydroxylation sites is 1. The third-order valence-corrected chi connectivity index (χ3v) is 6.67. The first-order valence-corrected chi connectivity index (χ1v) is 14.8. The van der Waals surface area contributed by atoms with E-state index in [1.54, 1.807) is 48.2 Å². The van der Waals surface area contributed by atoms with Crippen molar-refractivity contribution in [2.24, 2.45) is 0 Å². The predicted octanol–water partition coefficient (Wildman–Crippen LogP) is 7.75. The first kappa shape index (κ1) is 32.5. The molecule has 0 fully saturated rings. The summed E-state index contributed by atoms with van der Waals surface area (Å²) in [4.78, 5) is 26.2. The summed E-state index contributed by atoms with van der Waals surface area (Å²) < 4.78 is 22.7. The average Bonchev–Trinajstić information content (AvgIpc) is 3.00. The second kappa shape index (κ2) is 18.4. The maximum Gasteiger partial charge on any atom is 0.415 e. The van der Waals surface area contributed by atoms with Crippen molar-refractivity contribution < 1.29 is 33.6 Å². The Hall–Kier alpha value is -4.04. The summed E-state index contributed by atoms with van der Waals surface area (Å²) in [7, 11) is 0. The molecule has 226 valence electrons. The molecule has 0 aliphatic heterocycles. The lowest BCUT2D eigenvalue weighted by atomic mass is 10.1. The zero-order valence-electron chi connectivity index (χ0n) is 24.7. The predicted molar refractivity (Wildman–Crippen MR) is 163 cm³/mol. The second-order valence-corrected chi connectivity index (χ2v) is 9.99. The lowest BCUT2D eigenvalue weighted by Crippen LogP contribution is -2.37. The molecule has 3 rings (SSSR count). The van der Waals surface area contributed by atoms with Gasteiger partial charge in [0.25, 0.3) is 0 Å². The Morgan fingerprint density at radius 3 is 2.02 bits per heavy atom. The normalized spacial score (nSPS) is 11.5. The molecule has 1 unspecified atom stereocenters. The van der Waals surface area contributed by atoms with Crippen molar-refractivity contribution in [2.75, 3.05) is 26.3 Å². The first-order valence-electron chi connectivity index (χ1n) is 14.8. The van der Waals surface area contributed by atoms with Crippen LogP contribution in [0.3, 0.4) is 0 Å². The minimum atomic E-state index is -0.981. The second-order valence-electron chi connectivity index (χ2n) is 9.99. The molecule has 0 spiro atoms. The molecule has 0 aliphatic rings. The van der Waals surface area contributed by atoms with E-state index in [2.05, 4.69) is 6.92 Å². The van der Waals surface area contributed by atoms with Crippen molar-refractivity contribution in [3.63, 3.8) is 0 Å². The number of carboxylic acids is 1. The number of amides is 1. The van der Waals surface area contributed by atoms with E-state index in [0.29, 0.717) is 43.6 Å². The molecule has 0 aliphatic carbocycles. The van der Waals surface area contributed by atoms with Crippen LogP contribution < -0.4 is 14.2 Å². The highest BCUT2D eigenvalue weighted by atomic mass is 16.6. The number of nitrogens with zero attached hydrogens (tertiary/aromatic N) is 1. The van der Waals surface area contributed by atoms with Gasteiger partial charge in [-0.15, -0.1) is 0 Å². The van der Waals surface area contributed by atoms with Crippen molar-refractivity contribution in [3.8, 4) is 23.0 Å². The lowest BCUT2D eigenvalue weighted by molar-refractivity contribution is -0.149. The molecule has 8 heteroatoms. The van der Waals surface area contributed by atoms with E-state index in [1.165, 1.54) is 19.3 Å². The maximum atomic E-state index is 13.1. The highest BCUT2D eigenvalue weighted by molar-refractivity contribution is 5.72. The minimum absolute atomic E-state index is 0.278. The monoisotopic (exact) mass is 577 g/mol. The molecule has 1 N–H and O–H groups in total. The van der Waals surface area contributed by atoms with Crippen molar-refractivity contribution in [3.05, 3.63) is 84.4 Å². The van der Waals surface area contributed by atoms with E-state index in [1.807, 2.05) is 42.5 Å². The van der Waals surface area contributed by atoms with Crippen LogP contribution in [-0.4, -0.2) is 54.5 Å². The molecule has 3 aromatic rings. The van der Waals surface area contributed by atoms with Crippen LogP contribution in [0.1, 0.15) is 57.9 Å². The summed E-state index contributed by atoms with van der Waals surface area (Å²) in [6, 6.07) is 23.7. The van der Waals surface area contributed by atoms with Crippen LogP contribution in [0.15, 0.2) is 78.9 Å². The summed E-state index contributed by atoms with van der Waals surface area (Å²) in [5.74, 6) is 1.49. The third-order valence-electron chi connectivity index (χ3n) is 6.67. The Morgan fingerprint density at radius 2 is 1.36 bits per heavy atom.